The van der Waals surface area contributed by atoms with E-state index in [-0.39, 0.29) is 13.1 Å². The molecule has 2 N–H and O–H groups in total. The molecule has 0 bridgehead atoms. The molecule has 0 saturated carbocycles. The first-order valence-electron chi connectivity index (χ1n) is 3.46. The summed E-state index contributed by atoms with van der Waals surface area (Å²) in [5, 5.41) is 22.4. The smallest absolute Gasteiger partial charge is 0.165 e. The van der Waals surface area contributed by atoms with Gasteiger partial charge < -0.3 is 5.21 Å². The summed E-state index contributed by atoms with van der Waals surface area (Å²) in [7, 11) is 0. The molecule has 0 amide bonds. The van der Waals surface area contributed by atoms with Crippen molar-refractivity contribution in [1.82, 2.24) is 5.01 Å². The number of nitroso groups, excluding NO2 is 1. The van der Waals surface area contributed by atoms with Crippen LogP contribution >= 0.6 is 0 Å². The van der Waals surface area contributed by atoms with E-state index in [1.165, 1.54) is 5.01 Å². The predicted octanol–water partition coefficient (Wildman–Crippen LogP) is -1.10. The molecular weight excluding hydrogens is 150 g/mol. The van der Waals surface area contributed by atoms with Crippen molar-refractivity contribution in [3.05, 3.63) is 10.1 Å². The quantitative estimate of drug-likeness (QED) is 0.407. The van der Waals surface area contributed by atoms with E-state index in [9.17, 15) is 10.1 Å². The first-order chi connectivity index (χ1) is 5.14. The average molecular weight is 161 g/mol. The Hall–Kier alpha value is -0.720. The van der Waals surface area contributed by atoms with Crippen LogP contribution in [0.4, 0.5) is 0 Å². The minimum Gasteiger partial charge on any atom is -0.600 e. The molecule has 64 valence electrons. The van der Waals surface area contributed by atoms with Crippen LogP contribution in [0, 0.1) is 10.1 Å². The molecule has 0 aliphatic carbocycles. The normalized spacial score (nSPS) is 24.1. The molecule has 1 aliphatic rings. The highest BCUT2D eigenvalue weighted by Gasteiger charge is 2.48. The van der Waals surface area contributed by atoms with E-state index in [2.05, 4.69) is 5.29 Å². The number of nitrogens with one attached hydrogen (secondary N) is 1. The van der Waals surface area contributed by atoms with E-state index < -0.39 is 10.8 Å². The third-order valence-corrected chi connectivity index (χ3v) is 2.22. The highest BCUT2D eigenvalue weighted by molar-refractivity contribution is 4.92. The summed E-state index contributed by atoms with van der Waals surface area (Å²) in [6.45, 7) is 2.31. The number of rotatable bonds is 3. The van der Waals surface area contributed by atoms with Crippen LogP contribution in [0.15, 0.2) is 5.29 Å². The van der Waals surface area contributed by atoms with Crippen molar-refractivity contribution < 1.29 is 10.4 Å². The summed E-state index contributed by atoms with van der Waals surface area (Å²) < 4.78 is 0. The van der Waals surface area contributed by atoms with Gasteiger partial charge in [0, 0.05) is 6.42 Å². The van der Waals surface area contributed by atoms with E-state index in [0.29, 0.717) is 6.42 Å². The number of hydrogen-bond acceptors (Lipinski definition) is 4. The molecule has 6 heteroatoms. The molecule has 0 aromatic heterocycles. The van der Waals surface area contributed by atoms with Gasteiger partial charge >= 0.3 is 0 Å². The molecule has 1 saturated heterocycles. The zero-order chi connectivity index (χ0) is 8.48. The Labute approximate surface area is 63.9 Å². The summed E-state index contributed by atoms with van der Waals surface area (Å²) in [5.74, 6) is 0. The Morgan fingerprint density at radius 3 is 2.64 bits per heavy atom. The van der Waals surface area contributed by atoms with E-state index in [1.54, 1.807) is 6.92 Å². The molecule has 1 rings (SSSR count). The molecule has 1 heterocycles. The van der Waals surface area contributed by atoms with Crippen molar-refractivity contribution in [1.29, 1.82) is 0 Å². The Balaban J connectivity index is 2.49. The fraction of sp³-hybridized carbons (Fsp3) is 1.00. The van der Waals surface area contributed by atoms with Crippen molar-refractivity contribution in [2.24, 2.45) is 5.29 Å². The third kappa shape index (κ3) is 1.20. The minimum atomic E-state index is -0.833. The van der Waals surface area contributed by atoms with Crippen molar-refractivity contribution >= 4 is 0 Å². The Kier molecular flexibility index (Phi) is 2.08. The molecule has 0 aromatic carbocycles. The first-order valence-corrected chi connectivity index (χ1v) is 3.46. The highest BCUT2D eigenvalue weighted by atomic mass is 16.8. The molecule has 0 radical (unpaired) electrons. The summed E-state index contributed by atoms with van der Waals surface area (Å²) in [6, 6.07) is 0. The molecule has 1 atom stereocenters. The standard InChI is InChI=1S/C5H11N3O3/c1-2-5(8(10)11)3-7(4-5)6-9/h8,10H,2-4H2,1H3. The Morgan fingerprint density at radius 1 is 1.82 bits per heavy atom. The molecule has 11 heavy (non-hydrogen) atoms. The largest absolute Gasteiger partial charge is 0.600 e. The van der Waals surface area contributed by atoms with Gasteiger partial charge in [0.15, 0.2) is 5.54 Å². The molecule has 6 nitrogen and oxygen atoms in total. The number of quaternary nitrogens is 1. The van der Waals surface area contributed by atoms with Crippen molar-refractivity contribution in [3.63, 3.8) is 0 Å². The van der Waals surface area contributed by atoms with Crippen LogP contribution in [-0.2, 0) is 0 Å². The summed E-state index contributed by atoms with van der Waals surface area (Å²) in [5.41, 5.74) is -0.714. The molecular formula is C5H11N3O3. The maximum absolute atomic E-state index is 10.6. The summed E-state index contributed by atoms with van der Waals surface area (Å²) >= 11 is 0. The Morgan fingerprint density at radius 2 is 2.36 bits per heavy atom. The summed E-state index contributed by atoms with van der Waals surface area (Å²) in [4.78, 5) is 9.90. The first kappa shape index (κ1) is 8.38. The lowest BCUT2D eigenvalue weighted by Crippen LogP contribution is -3.18. The Bertz CT molecular complexity index is 155. The van der Waals surface area contributed by atoms with Gasteiger partial charge in [0.25, 0.3) is 0 Å². The van der Waals surface area contributed by atoms with Gasteiger partial charge in [0.1, 0.15) is 0 Å². The van der Waals surface area contributed by atoms with Gasteiger partial charge in [-0.05, 0) is 0 Å². The zero-order valence-corrected chi connectivity index (χ0v) is 6.28. The second-order valence-corrected chi connectivity index (χ2v) is 2.84. The van der Waals surface area contributed by atoms with Gasteiger partial charge in [-0.25, -0.2) is 15.4 Å². The molecule has 1 aliphatic heterocycles. The highest BCUT2D eigenvalue weighted by Crippen LogP contribution is 2.20. The predicted molar refractivity (Wildman–Crippen MR) is 36.5 cm³/mol. The fourth-order valence-electron chi connectivity index (χ4n) is 1.22. The number of hydrogen-bond donors (Lipinski definition) is 2. The van der Waals surface area contributed by atoms with Gasteiger partial charge in [-0.2, -0.15) is 0 Å². The molecule has 0 spiro atoms. The van der Waals surface area contributed by atoms with Gasteiger partial charge in [0.2, 0.25) is 0 Å². The maximum atomic E-state index is 10.6. The minimum absolute atomic E-state index is 0.252. The van der Waals surface area contributed by atoms with Crippen LogP contribution in [0.3, 0.4) is 0 Å². The lowest BCUT2D eigenvalue weighted by molar-refractivity contribution is -1.09. The lowest BCUT2D eigenvalue weighted by atomic mass is 9.89. The van der Waals surface area contributed by atoms with E-state index >= 15 is 0 Å². The average Bonchev–Trinajstić information content (AvgIpc) is 1.86. The van der Waals surface area contributed by atoms with Crippen molar-refractivity contribution in [3.8, 4) is 0 Å². The SMILES string of the molecule is CCC1([NH+]([O-])O)CN(N=O)C1. The van der Waals surface area contributed by atoms with Crippen LogP contribution in [-0.4, -0.2) is 28.8 Å². The second kappa shape index (κ2) is 2.72. The monoisotopic (exact) mass is 161 g/mol. The van der Waals surface area contributed by atoms with Crippen LogP contribution in [0.2, 0.25) is 0 Å². The van der Waals surface area contributed by atoms with Crippen LogP contribution < -0.4 is 5.23 Å². The van der Waals surface area contributed by atoms with Gasteiger partial charge in [-0.1, -0.05) is 6.92 Å². The van der Waals surface area contributed by atoms with Gasteiger partial charge in [-0.3, -0.25) is 0 Å². The van der Waals surface area contributed by atoms with Gasteiger partial charge in [0.05, 0.1) is 18.4 Å². The van der Waals surface area contributed by atoms with Crippen LogP contribution in [0.5, 0.6) is 0 Å². The molecule has 1 fully saturated rings. The van der Waals surface area contributed by atoms with Gasteiger partial charge in [-0.15, -0.1) is 4.91 Å². The van der Waals surface area contributed by atoms with Crippen molar-refractivity contribution in [2.45, 2.75) is 18.9 Å². The number of hydroxylamine groups is 2. The molecule has 0 aromatic rings. The van der Waals surface area contributed by atoms with E-state index in [0.717, 1.165) is 0 Å². The topological polar surface area (TPSA) is 80.4 Å². The fourth-order valence-corrected chi connectivity index (χ4v) is 1.22. The van der Waals surface area contributed by atoms with Crippen molar-refractivity contribution in [2.75, 3.05) is 13.1 Å². The molecule has 1 unspecified atom stereocenters. The van der Waals surface area contributed by atoms with Crippen LogP contribution in [0.1, 0.15) is 13.3 Å². The second-order valence-electron chi connectivity index (χ2n) is 2.84. The number of nitrogens with zero attached hydrogens (tertiary/aromatic N) is 2. The summed E-state index contributed by atoms with van der Waals surface area (Å²) in [6.07, 6.45) is 0.550. The maximum Gasteiger partial charge on any atom is 0.165 e. The van der Waals surface area contributed by atoms with E-state index in [1.807, 2.05) is 0 Å². The van der Waals surface area contributed by atoms with E-state index in [4.69, 9.17) is 5.21 Å². The third-order valence-electron chi connectivity index (χ3n) is 2.22. The lowest BCUT2D eigenvalue weighted by Gasteiger charge is -2.47. The van der Waals surface area contributed by atoms with Crippen LogP contribution in [0.25, 0.3) is 0 Å². The zero-order valence-electron chi connectivity index (χ0n) is 6.28.